The zero-order valence-electron chi connectivity index (χ0n) is 12.6. The van der Waals surface area contributed by atoms with Crippen LogP contribution in [0.1, 0.15) is 33.0 Å². The Hall–Kier alpha value is -2.25. The molecule has 0 aliphatic heterocycles. The molecular formula is C16H19N3O3S. The second-order valence-electron chi connectivity index (χ2n) is 5.08. The average molecular weight is 333 g/mol. The lowest BCUT2D eigenvalue weighted by atomic mass is 10.1. The summed E-state index contributed by atoms with van der Waals surface area (Å²) < 4.78 is 0. The van der Waals surface area contributed by atoms with Gasteiger partial charge in [0.05, 0.1) is 22.7 Å². The maximum absolute atomic E-state index is 11.9. The molecule has 1 aromatic carbocycles. The Morgan fingerprint density at radius 3 is 2.65 bits per heavy atom. The van der Waals surface area contributed by atoms with E-state index in [0.29, 0.717) is 13.1 Å². The van der Waals surface area contributed by atoms with Gasteiger partial charge >= 0.3 is 5.97 Å². The number of thiazole rings is 1. The first kappa shape index (κ1) is 17.1. The van der Waals surface area contributed by atoms with Gasteiger partial charge in [0.2, 0.25) is 5.91 Å². The van der Waals surface area contributed by atoms with Crippen molar-refractivity contribution < 1.29 is 14.7 Å². The average Bonchev–Trinajstić information content (AvgIpc) is 2.98. The van der Waals surface area contributed by atoms with Crippen LogP contribution >= 0.6 is 11.3 Å². The summed E-state index contributed by atoms with van der Waals surface area (Å²) in [6, 6.07) is 6.43. The lowest BCUT2D eigenvalue weighted by Gasteiger charge is -2.05. The number of hydrogen-bond acceptors (Lipinski definition) is 5. The first-order valence-corrected chi connectivity index (χ1v) is 8.18. The van der Waals surface area contributed by atoms with Crippen molar-refractivity contribution in [1.29, 1.82) is 0 Å². The molecule has 0 saturated heterocycles. The molecule has 7 heteroatoms. The Bertz CT molecular complexity index is 667. The summed E-state index contributed by atoms with van der Waals surface area (Å²) >= 11 is 1.55. The minimum Gasteiger partial charge on any atom is -0.478 e. The van der Waals surface area contributed by atoms with Crippen LogP contribution < -0.4 is 11.1 Å². The summed E-state index contributed by atoms with van der Waals surface area (Å²) in [6.45, 7) is 0.999. The van der Waals surface area contributed by atoms with Crippen molar-refractivity contribution in [1.82, 2.24) is 10.3 Å². The van der Waals surface area contributed by atoms with E-state index in [0.717, 1.165) is 29.1 Å². The number of aryl methyl sites for hydroxylation is 1. The Labute approximate surface area is 138 Å². The van der Waals surface area contributed by atoms with Crippen LogP contribution in [0.4, 0.5) is 0 Å². The highest BCUT2D eigenvalue weighted by Crippen LogP contribution is 2.12. The van der Waals surface area contributed by atoms with Crippen LogP contribution in [0.15, 0.2) is 29.6 Å². The van der Waals surface area contributed by atoms with E-state index in [1.807, 2.05) is 5.38 Å². The molecule has 1 aromatic heterocycles. The van der Waals surface area contributed by atoms with Gasteiger partial charge in [0.25, 0.3) is 0 Å². The third-order valence-corrected chi connectivity index (χ3v) is 4.18. The molecule has 122 valence electrons. The van der Waals surface area contributed by atoms with Crippen LogP contribution in [0, 0.1) is 0 Å². The van der Waals surface area contributed by atoms with E-state index in [4.69, 9.17) is 10.8 Å². The van der Waals surface area contributed by atoms with Crippen molar-refractivity contribution in [3.63, 3.8) is 0 Å². The number of carboxylic acids is 1. The molecule has 1 heterocycles. The first-order valence-electron chi connectivity index (χ1n) is 7.30. The predicted octanol–water partition coefficient (Wildman–Crippen LogP) is 1.59. The topological polar surface area (TPSA) is 105 Å². The Morgan fingerprint density at radius 1 is 1.26 bits per heavy atom. The Morgan fingerprint density at radius 2 is 2.00 bits per heavy atom. The Kier molecular flexibility index (Phi) is 6.25. The number of nitrogens with two attached hydrogens (primary N) is 1. The molecule has 23 heavy (non-hydrogen) atoms. The van der Waals surface area contributed by atoms with E-state index in [-0.39, 0.29) is 17.9 Å². The number of benzene rings is 1. The molecule has 0 unspecified atom stereocenters. The van der Waals surface area contributed by atoms with E-state index < -0.39 is 5.97 Å². The summed E-state index contributed by atoms with van der Waals surface area (Å²) in [5.41, 5.74) is 7.31. The predicted molar refractivity (Wildman–Crippen MR) is 88.4 cm³/mol. The fraction of sp³-hybridized carbons (Fsp3) is 0.312. The summed E-state index contributed by atoms with van der Waals surface area (Å²) in [5.74, 6) is -1.07. The summed E-state index contributed by atoms with van der Waals surface area (Å²) in [6.07, 6.45) is 1.98. The summed E-state index contributed by atoms with van der Waals surface area (Å²) in [4.78, 5) is 27.1. The highest BCUT2D eigenvalue weighted by molar-refractivity contribution is 7.09. The third kappa shape index (κ3) is 5.46. The number of hydrogen-bond donors (Lipinski definition) is 3. The molecule has 0 aliphatic carbocycles. The van der Waals surface area contributed by atoms with Gasteiger partial charge in [0.15, 0.2) is 0 Å². The van der Waals surface area contributed by atoms with Crippen LogP contribution in [-0.2, 0) is 24.2 Å². The van der Waals surface area contributed by atoms with E-state index in [9.17, 15) is 9.59 Å². The van der Waals surface area contributed by atoms with Crippen LogP contribution in [0.3, 0.4) is 0 Å². The zero-order chi connectivity index (χ0) is 16.7. The van der Waals surface area contributed by atoms with Gasteiger partial charge in [-0.25, -0.2) is 9.78 Å². The highest BCUT2D eigenvalue weighted by Gasteiger charge is 2.08. The van der Waals surface area contributed by atoms with Crippen molar-refractivity contribution in [2.45, 2.75) is 25.8 Å². The molecule has 0 atom stereocenters. The van der Waals surface area contributed by atoms with Crippen LogP contribution in [0.25, 0.3) is 0 Å². The molecule has 0 fully saturated rings. The quantitative estimate of drug-likeness (QED) is 0.680. The lowest BCUT2D eigenvalue weighted by molar-refractivity contribution is -0.120. The van der Waals surface area contributed by atoms with Gasteiger partial charge in [-0.05, 0) is 30.7 Å². The number of rotatable bonds is 8. The van der Waals surface area contributed by atoms with Crippen molar-refractivity contribution in [2.75, 3.05) is 6.54 Å². The van der Waals surface area contributed by atoms with Crippen molar-refractivity contribution in [3.8, 4) is 0 Å². The van der Waals surface area contributed by atoms with E-state index >= 15 is 0 Å². The monoisotopic (exact) mass is 333 g/mol. The summed E-state index contributed by atoms with van der Waals surface area (Å²) in [5, 5.41) is 14.5. The van der Waals surface area contributed by atoms with Crippen LogP contribution in [-0.4, -0.2) is 28.5 Å². The minimum atomic E-state index is -0.963. The van der Waals surface area contributed by atoms with Gasteiger partial charge < -0.3 is 16.2 Å². The van der Waals surface area contributed by atoms with Crippen molar-refractivity contribution >= 4 is 23.2 Å². The molecular weight excluding hydrogens is 314 g/mol. The van der Waals surface area contributed by atoms with Gasteiger partial charge in [-0.2, -0.15) is 0 Å². The largest absolute Gasteiger partial charge is 0.478 e. The van der Waals surface area contributed by atoms with E-state index in [1.54, 1.807) is 23.5 Å². The van der Waals surface area contributed by atoms with E-state index in [1.165, 1.54) is 12.1 Å². The Balaban J connectivity index is 1.80. The number of amides is 1. The molecule has 2 aromatic rings. The molecule has 0 spiro atoms. The van der Waals surface area contributed by atoms with Crippen molar-refractivity contribution in [2.24, 2.45) is 5.73 Å². The van der Waals surface area contributed by atoms with Gasteiger partial charge in [-0.1, -0.05) is 12.1 Å². The normalized spacial score (nSPS) is 10.5. The number of carbonyl (C=O) groups is 2. The van der Waals surface area contributed by atoms with Gasteiger partial charge in [0.1, 0.15) is 0 Å². The number of aromatic nitrogens is 1. The van der Waals surface area contributed by atoms with Crippen LogP contribution in [0.2, 0.25) is 0 Å². The van der Waals surface area contributed by atoms with Crippen molar-refractivity contribution in [3.05, 3.63) is 51.5 Å². The maximum atomic E-state index is 11.9. The number of nitrogens with zero attached hydrogens (tertiary/aromatic N) is 1. The minimum absolute atomic E-state index is 0.108. The van der Waals surface area contributed by atoms with Gasteiger partial charge in [-0.15, -0.1) is 11.3 Å². The molecule has 0 saturated carbocycles. The molecule has 2 rings (SSSR count). The van der Waals surface area contributed by atoms with Gasteiger partial charge in [-0.3, -0.25) is 4.79 Å². The number of carboxylic acid groups (broad SMARTS) is 1. The zero-order valence-corrected chi connectivity index (χ0v) is 13.4. The first-order chi connectivity index (χ1) is 11.1. The number of carbonyl (C=O) groups excluding carboxylic acids is 1. The lowest BCUT2D eigenvalue weighted by Crippen LogP contribution is -2.24. The molecule has 0 radical (unpaired) electrons. The third-order valence-electron chi connectivity index (χ3n) is 3.23. The SMILES string of the molecule is NCCCc1nc(CC(=O)NCc2ccc(C(=O)O)cc2)cs1. The second kappa shape index (κ2) is 8.40. The van der Waals surface area contributed by atoms with Crippen LogP contribution in [0.5, 0.6) is 0 Å². The highest BCUT2D eigenvalue weighted by atomic mass is 32.1. The molecule has 4 N–H and O–H groups in total. The molecule has 6 nitrogen and oxygen atoms in total. The fourth-order valence-electron chi connectivity index (χ4n) is 1.99. The van der Waals surface area contributed by atoms with Gasteiger partial charge in [0, 0.05) is 18.3 Å². The maximum Gasteiger partial charge on any atom is 0.335 e. The number of nitrogens with one attached hydrogen (secondary N) is 1. The standard InChI is InChI=1S/C16H19N3O3S/c17-7-1-2-15-19-13(10-23-15)8-14(20)18-9-11-3-5-12(6-4-11)16(21)22/h3-6,10H,1-2,7-9,17H2,(H,18,20)(H,21,22). The van der Waals surface area contributed by atoms with E-state index in [2.05, 4.69) is 10.3 Å². The molecule has 0 bridgehead atoms. The summed E-state index contributed by atoms with van der Waals surface area (Å²) in [7, 11) is 0. The molecule has 1 amide bonds. The fourth-order valence-corrected chi connectivity index (χ4v) is 2.83. The second-order valence-corrected chi connectivity index (χ2v) is 6.02. The molecule has 0 aliphatic rings. The smallest absolute Gasteiger partial charge is 0.335 e. The number of aromatic carboxylic acids is 1.